The number of aromatic nitrogens is 3. The average Bonchev–Trinajstić information content (AvgIpc) is 3.30. The van der Waals surface area contributed by atoms with Gasteiger partial charge < -0.3 is 14.8 Å². The van der Waals surface area contributed by atoms with E-state index in [0.29, 0.717) is 5.11 Å². The first-order valence-corrected chi connectivity index (χ1v) is 11.5. The third-order valence-electron chi connectivity index (χ3n) is 6.36. The Labute approximate surface area is 200 Å². The topological polar surface area (TPSA) is 46.0 Å². The second-order valence-corrected chi connectivity index (χ2v) is 9.03. The Hall–Kier alpha value is -3.51. The van der Waals surface area contributed by atoms with Crippen LogP contribution in [0.25, 0.3) is 5.82 Å². The molecular weight excluding hydrogens is 426 g/mol. The Kier molecular flexibility index (Phi) is 5.46. The molecule has 33 heavy (non-hydrogen) atoms. The second kappa shape index (κ2) is 8.45. The first-order valence-electron chi connectivity index (χ1n) is 11.1. The van der Waals surface area contributed by atoms with Crippen LogP contribution >= 0.6 is 12.2 Å². The van der Waals surface area contributed by atoms with Crippen molar-refractivity contribution in [2.45, 2.75) is 39.8 Å². The number of aryl methyl sites for hydroxylation is 3. The summed E-state index contributed by atoms with van der Waals surface area (Å²) in [5.74, 6) is 0.962. The highest BCUT2D eigenvalue weighted by Gasteiger charge is 2.42. The number of hydrogen-bond donors (Lipinski definition) is 1. The number of hydrogen-bond acceptors (Lipinski definition) is 3. The summed E-state index contributed by atoms with van der Waals surface area (Å²) >= 11 is 5.88. The molecule has 5 nitrogen and oxygen atoms in total. The molecule has 0 aliphatic carbocycles. The normalized spacial score (nSPS) is 17.9. The van der Waals surface area contributed by atoms with Gasteiger partial charge in [-0.1, -0.05) is 24.3 Å². The van der Waals surface area contributed by atoms with Gasteiger partial charge in [-0.2, -0.15) is 0 Å². The van der Waals surface area contributed by atoms with Crippen LogP contribution in [0.4, 0.5) is 5.69 Å². The largest absolute Gasteiger partial charge is 0.351 e. The maximum atomic E-state index is 5.88. The van der Waals surface area contributed by atoms with Gasteiger partial charge in [0.15, 0.2) is 5.11 Å². The molecule has 4 heterocycles. The Morgan fingerprint density at radius 2 is 1.70 bits per heavy atom. The van der Waals surface area contributed by atoms with Crippen molar-refractivity contribution in [2.24, 2.45) is 0 Å². The SMILES string of the molecule is Cc1cccc(N2C(=S)NC(c3ccccn3)C2c2cc(C)n(-c3ncccc3C)c2C)c1. The molecule has 5 rings (SSSR count). The first-order chi connectivity index (χ1) is 16.0. The molecule has 2 unspecified atom stereocenters. The van der Waals surface area contributed by atoms with Crippen molar-refractivity contribution in [1.82, 2.24) is 19.9 Å². The van der Waals surface area contributed by atoms with E-state index in [2.05, 4.69) is 94.9 Å². The van der Waals surface area contributed by atoms with Crippen LogP contribution in [-0.2, 0) is 0 Å². The Morgan fingerprint density at radius 3 is 2.42 bits per heavy atom. The molecule has 166 valence electrons. The summed E-state index contributed by atoms with van der Waals surface area (Å²) in [5, 5.41) is 4.27. The molecule has 3 aromatic heterocycles. The maximum Gasteiger partial charge on any atom is 0.174 e. The van der Waals surface area contributed by atoms with E-state index < -0.39 is 0 Å². The molecule has 1 fully saturated rings. The third-order valence-corrected chi connectivity index (χ3v) is 6.68. The van der Waals surface area contributed by atoms with Gasteiger partial charge in [0.1, 0.15) is 5.82 Å². The number of rotatable bonds is 4. The monoisotopic (exact) mass is 453 g/mol. The molecular formula is C27H27N5S. The molecule has 0 amide bonds. The summed E-state index contributed by atoms with van der Waals surface area (Å²) in [5.41, 5.74) is 7.90. The van der Waals surface area contributed by atoms with Crippen LogP contribution in [0.1, 0.15) is 45.9 Å². The highest BCUT2D eigenvalue weighted by molar-refractivity contribution is 7.80. The summed E-state index contributed by atoms with van der Waals surface area (Å²) in [7, 11) is 0. The smallest absolute Gasteiger partial charge is 0.174 e. The van der Waals surface area contributed by atoms with Crippen LogP contribution in [0.15, 0.2) is 73.1 Å². The van der Waals surface area contributed by atoms with Crippen LogP contribution in [0.2, 0.25) is 0 Å². The standard InChI is InChI=1S/C27H27N5S/c1-17-9-7-11-21(15-17)32-25(24(30-27(32)33)23-12-5-6-13-28-23)22-16-19(3)31(20(22)4)26-18(2)10-8-14-29-26/h5-16,24-25H,1-4H3,(H,30,33). The van der Waals surface area contributed by atoms with E-state index in [4.69, 9.17) is 12.2 Å². The minimum Gasteiger partial charge on any atom is -0.351 e. The summed E-state index contributed by atoms with van der Waals surface area (Å²) in [6.07, 6.45) is 3.69. The quantitative estimate of drug-likeness (QED) is 0.403. The lowest BCUT2D eigenvalue weighted by atomic mass is 9.96. The van der Waals surface area contributed by atoms with Gasteiger partial charge in [0.2, 0.25) is 0 Å². The Bertz CT molecular complexity index is 1330. The highest BCUT2D eigenvalue weighted by atomic mass is 32.1. The summed E-state index contributed by atoms with van der Waals surface area (Å²) < 4.78 is 2.25. The molecule has 0 bridgehead atoms. The van der Waals surface area contributed by atoms with Gasteiger partial charge in [0, 0.05) is 29.5 Å². The van der Waals surface area contributed by atoms with Crippen molar-refractivity contribution in [3.8, 4) is 5.82 Å². The van der Waals surface area contributed by atoms with Gasteiger partial charge in [-0.25, -0.2) is 4.98 Å². The van der Waals surface area contributed by atoms with Crippen molar-refractivity contribution < 1.29 is 0 Å². The lowest BCUT2D eigenvalue weighted by Crippen LogP contribution is -2.29. The van der Waals surface area contributed by atoms with E-state index >= 15 is 0 Å². The molecule has 2 atom stereocenters. The van der Waals surface area contributed by atoms with Crippen LogP contribution in [0.3, 0.4) is 0 Å². The summed E-state index contributed by atoms with van der Waals surface area (Å²) in [6.45, 7) is 8.51. The fraction of sp³-hybridized carbons (Fsp3) is 0.222. The van der Waals surface area contributed by atoms with Gasteiger partial charge in [0.05, 0.1) is 17.8 Å². The molecule has 1 saturated heterocycles. The van der Waals surface area contributed by atoms with Crippen molar-refractivity contribution in [1.29, 1.82) is 0 Å². The van der Waals surface area contributed by atoms with E-state index in [1.807, 2.05) is 30.6 Å². The number of nitrogens with zero attached hydrogens (tertiary/aromatic N) is 4. The van der Waals surface area contributed by atoms with E-state index in [1.165, 1.54) is 11.1 Å². The van der Waals surface area contributed by atoms with Crippen molar-refractivity contribution in [3.05, 3.63) is 107 Å². The van der Waals surface area contributed by atoms with E-state index in [-0.39, 0.29) is 12.1 Å². The van der Waals surface area contributed by atoms with Crippen LogP contribution in [-0.4, -0.2) is 19.6 Å². The van der Waals surface area contributed by atoms with E-state index in [0.717, 1.165) is 34.2 Å². The maximum absolute atomic E-state index is 5.88. The molecule has 6 heteroatoms. The predicted molar refractivity (Wildman–Crippen MR) is 137 cm³/mol. The van der Waals surface area contributed by atoms with Gasteiger partial charge in [-0.3, -0.25) is 4.98 Å². The number of nitrogens with one attached hydrogen (secondary N) is 1. The summed E-state index contributed by atoms with van der Waals surface area (Å²) in [6, 6.07) is 20.8. The Morgan fingerprint density at radius 1 is 0.879 bits per heavy atom. The molecule has 1 aliphatic rings. The van der Waals surface area contributed by atoms with Crippen LogP contribution in [0.5, 0.6) is 0 Å². The predicted octanol–water partition coefficient (Wildman–Crippen LogP) is 5.68. The zero-order valence-electron chi connectivity index (χ0n) is 19.3. The van der Waals surface area contributed by atoms with Gasteiger partial charge >= 0.3 is 0 Å². The molecule has 1 aliphatic heterocycles. The molecule has 4 aromatic rings. The fourth-order valence-corrected chi connectivity index (χ4v) is 5.20. The lowest BCUT2D eigenvalue weighted by Gasteiger charge is -2.28. The van der Waals surface area contributed by atoms with Crippen molar-refractivity contribution >= 4 is 23.0 Å². The minimum absolute atomic E-state index is 0.0434. The average molecular weight is 454 g/mol. The number of pyridine rings is 2. The number of anilines is 1. The second-order valence-electron chi connectivity index (χ2n) is 8.64. The van der Waals surface area contributed by atoms with Crippen molar-refractivity contribution in [3.63, 3.8) is 0 Å². The summed E-state index contributed by atoms with van der Waals surface area (Å²) in [4.78, 5) is 11.6. The highest BCUT2D eigenvalue weighted by Crippen LogP contribution is 2.43. The van der Waals surface area contributed by atoms with Crippen LogP contribution in [0, 0.1) is 27.7 Å². The van der Waals surface area contributed by atoms with E-state index in [1.54, 1.807) is 0 Å². The zero-order valence-corrected chi connectivity index (χ0v) is 20.1. The first kappa shape index (κ1) is 21.3. The number of thiocarbonyl (C=S) groups is 1. The fourth-order valence-electron chi connectivity index (χ4n) is 4.85. The van der Waals surface area contributed by atoms with Gasteiger partial charge in [-0.15, -0.1) is 0 Å². The molecule has 1 N–H and O–H groups in total. The molecule has 0 radical (unpaired) electrons. The molecule has 0 spiro atoms. The Balaban J connectivity index is 1.70. The van der Waals surface area contributed by atoms with E-state index in [9.17, 15) is 0 Å². The number of benzene rings is 1. The van der Waals surface area contributed by atoms with Crippen molar-refractivity contribution in [2.75, 3.05) is 4.90 Å². The molecule has 0 saturated carbocycles. The third kappa shape index (κ3) is 3.70. The van der Waals surface area contributed by atoms with Gasteiger partial charge in [0.25, 0.3) is 0 Å². The van der Waals surface area contributed by atoms with Gasteiger partial charge in [-0.05, 0) is 93.0 Å². The van der Waals surface area contributed by atoms with Crippen LogP contribution < -0.4 is 10.2 Å². The molecule has 1 aromatic carbocycles. The minimum atomic E-state index is -0.0713. The lowest BCUT2D eigenvalue weighted by molar-refractivity contribution is 0.565. The zero-order chi connectivity index (χ0) is 23.1.